The number of nitrogens with zero attached hydrogens (tertiary/aromatic N) is 4. The number of thioether (sulfide) groups is 1. The monoisotopic (exact) mass is 239 g/mol. The predicted octanol–water partition coefficient (Wildman–Crippen LogP) is 0.826. The van der Waals surface area contributed by atoms with E-state index in [2.05, 4.69) is 15.4 Å². The molecule has 2 N–H and O–H groups in total. The van der Waals surface area contributed by atoms with E-state index in [1.807, 2.05) is 17.6 Å². The van der Waals surface area contributed by atoms with Crippen LogP contribution in [-0.2, 0) is 12.3 Å². The number of aromatic nitrogens is 4. The molecule has 0 saturated heterocycles. The van der Waals surface area contributed by atoms with E-state index >= 15 is 0 Å². The normalized spacial score (nSPS) is 10.9. The molecule has 0 radical (unpaired) electrons. The lowest BCUT2D eigenvalue weighted by Crippen LogP contribution is -2.12. The zero-order valence-corrected chi connectivity index (χ0v) is 9.78. The Balaban J connectivity index is 2.03. The van der Waals surface area contributed by atoms with Crippen molar-refractivity contribution in [2.24, 2.45) is 5.73 Å². The minimum absolute atomic E-state index is 0.578. The van der Waals surface area contributed by atoms with Crippen molar-refractivity contribution in [2.45, 2.75) is 24.4 Å². The van der Waals surface area contributed by atoms with Gasteiger partial charge in [-0.3, -0.25) is 0 Å². The van der Waals surface area contributed by atoms with Gasteiger partial charge in [-0.05, 0) is 6.92 Å². The van der Waals surface area contributed by atoms with Gasteiger partial charge in [0.1, 0.15) is 11.6 Å². The largest absolute Gasteiger partial charge is 0.361 e. The standard InChI is InChI=1S/C9H13N5OS/c1-7-12-13-9(14(7)5-3-10)16-6-8-2-4-11-15-8/h2,4H,3,5-6,10H2,1H3. The van der Waals surface area contributed by atoms with Gasteiger partial charge >= 0.3 is 0 Å². The number of nitrogens with two attached hydrogens (primary N) is 1. The molecule has 2 heterocycles. The average molecular weight is 239 g/mol. The maximum Gasteiger partial charge on any atom is 0.191 e. The van der Waals surface area contributed by atoms with E-state index in [4.69, 9.17) is 10.3 Å². The molecule has 0 aliphatic carbocycles. The summed E-state index contributed by atoms with van der Waals surface area (Å²) in [5.41, 5.74) is 5.53. The highest BCUT2D eigenvalue weighted by atomic mass is 32.2. The lowest BCUT2D eigenvalue weighted by atomic mass is 10.5. The maximum atomic E-state index is 5.53. The third-order valence-electron chi connectivity index (χ3n) is 2.09. The van der Waals surface area contributed by atoms with Gasteiger partial charge in [-0.15, -0.1) is 10.2 Å². The van der Waals surface area contributed by atoms with E-state index in [0.717, 1.165) is 23.3 Å². The summed E-state index contributed by atoms with van der Waals surface area (Å²) in [7, 11) is 0. The van der Waals surface area contributed by atoms with Crippen molar-refractivity contribution in [3.63, 3.8) is 0 Å². The van der Waals surface area contributed by atoms with Crippen LogP contribution < -0.4 is 5.73 Å². The van der Waals surface area contributed by atoms with Crippen LogP contribution >= 0.6 is 11.8 Å². The lowest BCUT2D eigenvalue weighted by molar-refractivity contribution is 0.395. The van der Waals surface area contributed by atoms with Crippen LogP contribution in [0.4, 0.5) is 0 Å². The Bertz CT molecular complexity index is 439. The first-order valence-electron chi connectivity index (χ1n) is 4.93. The van der Waals surface area contributed by atoms with Crippen LogP contribution in [0, 0.1) is 6.92 Å². The predicted molar refractivity (Wildman–Crippen MR) is 59.9 cm³/mol. The molecular weight excluding hydrogens is 226 g/mol. The zero-order valence-electron chi connectivity index (χ0n) is 8.96. The summed E-state index contributed by atoms with van der Waals surface area (Å²) in [5, 5.41) is 12.6. The van der Waals surface area contributed by atoms with E-state index in [-0.39, 0.29) is 0 Å². The Labute approximate surface area is 97.2 Å². The van der Waals surface area contributed by atoms with Gasteiger partial charge in [0.15, 0.2) is 5.16 Å². The number of hydrogen-bond donors (Lipinski definition) is 1. The number of rotatable bonds is 5. The highest BCUT2D eigenvalue weighted by Crippen LogP contribution is 2.21. The third-order valence-corrected chi connectivity index (χ3v) is 3.08. The van der Waals surface area contributed by atoms with Gasteiger partial charge in [0.2, 0.25) is 0 Å². The van der Waals surface area contributed by atoms with Crippen LogP contribution in [0.3, 0.4) is 0 Å². The van der Waals surface area contributed by atoms with Crippen LogP contribution in [0.25, 0.3) is 0 Å². The van der Waals surface area contributed by atoms with E-state index in [1.54, 1.807) is 18.0 Å². The second kappa shape index (κ2) is 5.13. The second-order valence-electron chi connectivity index (χ2n) is 3.24. The van der Waals surface area contributed by atoms with Crippen LogP contribution in [0.2, 0.25) is 0 Å². The van der Waals surface area contributed by atoms with Crippen molar-refractivity contribution in [1.82, 2.24) is 19.9 Å². The van der Waals surface area contributed by atoms with E-state index in [1.165, 1.54) is 0 Å². The second-order valence-corrected chi connectivity index (χ2v) is 4.18. The smallest absolute Gasteiger partial charge is 0.191 e. The SMILES string of the molecule is Cc1nnc(SCc2ccno2)n1CCN. The van der Waals surface area contributed by atoms with Gasteiger partial charge < -0.3 is 14.8 Å². The van der Waals surface area contributed by atoms with Crippen molar-refractivity contribution in [2.75, 3.05) is 6.54 Å². The van der Waals surface area contributed by atoms with Crippen LogP contribution in [0.5, 0.6) is 0 Å². The Hall–Kier alpha value is -1.34. The molecule has 0 unspecified atom stereocenters. The van der Waals surface area contributed by atoms with E-state index in [0.29, 0.717) is 12.3 Å². The highest BCUT2D eigenvalue weighted by molar-refractivity contribution is 7.98. The molecule has 7 heteroatoms. The molecule has 0 aliphatic rings. The molecule has 2 rings (SSSR count). The summed E-state index contributed by atoms with van der Waals surface area (Å²) in [6.45, 7) is 3.23. The molecule has 16 heavy (non-hydrogen) atoms. The fourth-order valence-electron chi connectivity index (χ4n) is 1.31. The molecule has 0 saturated carbocycles. The fraction of sp³-hybridized carbons (Fsp3) is 0.444. The van der Waals surface area contributed by atoms with Crippen molar-refractivity contribution < 1.29 is 4.52 Å². The van der Waals surface area contributed by atoms with Crippen LogP contribution in [0.1, 0.15) is 11.6 Å². The maximum absolute atomic E-state index is 5.53. The topological polar surface area (TPSA) is 82.8 Å². The van der Waals surface area contributed by atoms with Gasteiger partial charge in [0.25, 0.3) is 0 Å². The molecule has 86 valence electrons. The van der Waals surface area contributed by atoms with E-state index in [9.17, 15) is 0 Å². The Morgan fingerprint density at radius 3 is 3.06 bits per heavy atom. The van der Waals surface area contributed by atoms with Crippen molar-refractivity contribution in [3.05, 3.63) is 23.8 Å². The zero-order chi connectivity index (χ0) is 11.4. The molecule has 2 aromatic heterocycles. The summed E-state index contributed by atoms with van der Waals surface area (Å²) >= 11 is 1.57. The first kappa shape index (κ1) is 11.2. The molecule has 0 aliphatic heterocycles. The van der Waals surface area contributed by atoms with Gasteiger partial charge in [-0.2, -0.15) is 0 Å². The van der Waals surface area contributed by atoms with Gasteiger partial charge in [-0.25, -0.2) is 0 Å². The molecular formula is C9H13N5OS. The first-order chi connectivity index (χ1) is 7.81. The van der Waals surface area contributed by atoms with Gasteiger partial charge in [0.05, 0.1) is 11.9 Å². The Morgan fingerprint density at radius 1 is 1.50 bits per heavy atom. The Morgan fingerprint density at radius 2 is 2.38 bits per heavy atom. The summed E-state index contributed by atoms with van der Waals surface area (Å²) in [4.78, 5) is 0. The molecule has 0 fully saturated rings. The third kappa shape index (κ3) is 2.42. The van der Waals surface area contributed by atoms with Gasteiger partial charge in [-0.1, -0.05) is 16.9 Å². The highest BCUT2D eigenvalue weighted by Gasteiger charge is 2.09. The Kier molecular flexibility index (Phi) is 3.58. The molecule has 0 aromatic carbocycles. The number of hydrogen-bond acceptors (Lipinski definition) is 6. The fourth-order valence-corrected chi connectivity index (χ4v) is 2.21. The number of aryl methyl sites for hydroxylation is 1. The minimum Gasteiger partial charge on any atom is -0.361 e. The summed E-state index contributed by atoms with van der Waals surface area (Å²) in [6.07, 6.45) is 1.63. The molecule has 0 bridgehead atoms. The van der Waals surface area contributed by atoms with Crippen molar-refractivity contribution >= 4 is 11.8 Å². The summed E-state index contributed by atoms with van der Waals surface area (Å²) in [6, 6.07) is 1.84. The summed E-state index contributed by atoms with van der Waals surface area (Å²) in [5.74, 6) is 2.40. The molecule has 6 nitrogen and oxygen atoms in total. The quantitative estimate of drug-likeness (QED) is 0.778. The first-order valence-corrected chi connectivity index (χ1v) is 5.92. The summed E-state index contributed by atoms with van der Waals surface area (Å²) < 4.78 is 7.01. The lowest BCUT2D eigenvalue weighted by Gasteiger charge is -2.04. The van der Waals surface area contributed by atoms with Crippen LogP contribution in [0.15, 0.2) is 21.9 Å². The van der Waals surface area contributed by atoms with Crippen molar-refractivity contribution in [1.29, 1.82) is 0 Å². The molecule has 0 spiro atoms. The average Bonchev–Trinajstić information content (AvgIpc) is 2.89. The van der Waals surface area contributed by atoms with Crippen LogP contribution in [-0.4, -0.2) is 26.5 Å². The van der Waals surface area contributed by atoms with Crippen molar-refractivity contribution in [3.8, 4) is 0 Å². The molecule has 2 aromatic rings. The van der Waals surface area contributed by atoms with Gasteiger partial charge in [0, 0.05) is 19.2 Å². The minimum atomic E-state index is 0.578. The molecule has 0 atom stereocenters. The van der Waals surface area contributed by atoms with E-state index < -0.39 is 0 Å². The molecule has 0 amide bonds.